The standard InChI is InChI=1S/C19H28N2S2/c1-2-5-16-11-19(10-15(16)4-1)21-7-3-6-17(12-21)20-18-13-22-8-9-23-14-18/h1-2,4-5,17-20H,3,6-14H2. The van der Waals surface area contributed by atoms with Crippen LogP contribution in [0.5, 0.6) is 0 Å². The Balaban J connectivity index is 1.33. The van der Waals surface area contributed by atoms with E-state index in [1.807, 2.05) is 0 Å². The predicted octanol–water partition coefficient (Wildman–Crippen LogP) is 3.06. The van der Waals surface area contributed by atoms with Gasteiger partial charge >= 0.3 is 0 Å². The zero-order chi connectivity index (χ0) is 15.5. The number of rotatable bonds is 3. The van der Waals surface area contributed by atoms with Crippen molar-refractivity contribution in [1.29, 1.82) is 0 Å². The molecule has 1 aromatic carbocycles. The van der Waals surface area contributed by atoms with Crippen molar-refractivity contribution in [1.82, 2.24) is 10.2 Å². The van der Waals surface area contributed by atoms with Crippen LogP contribution >= 0.6 is 23.5 Å². The number of fused-ring (bicyclic) bond motifs is 1. The lowest BCUT2D eigenvalue weighted by atomic mass is 10.0. The van der Waals surface area contributed by atoms with Crippen LogP contribution in [0, 0.1) is 0 Å². The maximum atomic E-state index is 3.99. The second kappa shape index (κ2) is 7.81. The van der Waals surface area contributed by atoms with E-state index in [0.717, 1.165) is 12.1 Å². The number of likely N-dealkylation sites (tertiary alicyclic amines) is 1. The fourth-order valence-corrected chi connectivity index (χ4v) is 6.74. The van der Waals surface area contributed by atoms with Crippen LogP contribution in [0.2, 0.25) is 0 Å². The maximum absolute atomic E-state index is 3.99. The van der Waals surface area contributed by atoms with E-state index in [2.05, 4.69) is 58.0 Å². The molecule has 126 valence electrons. The fourth-order valence-electron chi connectivity index (χ4n) is 4.31. The molecule has 4 rings (SSSR count). The van der Waals surface area contributed by atoms with E-state index < -0.39 is 0 Å². The summed E-state index contributed by atoms with van der Waals surface area (Å²) in [5.74, 6) is 5.27. The lowest BCUT2D eigenvalue weighted by Crippen LogP contribution is -2.53. The molecule has 0 aromatic heterocycles. The highest BCUT2D eigenvalue weighted by molar-refractivity contribution is 8.03. The van der Waals surface area contributed by atoms with Gasteiger partial charge in [-0.2, -0.15) is 23.5 Å². The van der Waals surface area contributed by atoms with E-state index in [0.29, 0.717) is 6.04 Å². The minimum atomic E-state index is 0.705. The monoisotopic (exact) mass is 348 g/mol. The van der Waals surface area contributed by atoms with E-state index in [9.17, 15) is 0 Å². The predicted molar refractivity (Wildman–Crippen MR) is 104 cm³/mol. The number of nitrogens with one attached hydrogen (secondary N) is 1. The third kappa shape index (κ3) is 4.09. The van der Waals surface area contributed by atoms with E-state index in [-0.39, 0.29) is 0 Å². The van der Waals surface area contributed by atoms with Gasteiger partial charge < -0.3 is 5.32 Å². The Bertz CT molecular complexity index is 489. The molecule has 0 amide bonds. The molecule has 2 nitrogen and oxygen atoms in total. The molecule has 23 heavy (non-hydrogen) atoms. The molecule has 3 aliphatic rings. The Hall–Kier alpha value is -0.160. The summed E-state index contributed by atoms with van der Waals surface area (Å²) in [6.45, 7) is 2.55. The summed E-state index contributed by atoms with van der Waals surface area (Å²) in [6, 6.07) is 11.2. The summed E-state index contributed by atoms with van der Waals surface area (Å²) in [5, 5.41) is 3.99. The normalized spacial score (nSPS) is 27.7. The van der Waals surface area contributed by atoms with Crippen LogP contribution in [0.4, 0.5) is 0 Å². The zero-order valence-corrected chi connectivity index (χ0v) is 15.5. The molecule has 2 fully saturated rings. The fraction of sp³-hybridized carbons (Fsp3) is 0.684. The molecule has 2 saturated heterocycles. The summed E-state index contributed by atoms with van der Waals surface area (Å²) in [5.41, 5.74) is 3.17. The van der Waals surface area contributed by atoms with Crippen LogP contribution < -0.4 is 5.32 Å². The Labute approximate surface area is 149 Å². The Morgan fingerprint density at radius 3 is 2.35 bits per heavy atom. The third-order valence-corrected chi connectivity index (χ3v) is 8.00. The second-order valence-corrected chi connectivity index (χ2v) is 9.48. The maximum Gasteiger partial charge on any atom is 0.0251 e. The molecule has 0 saturated carbocycles. The highest BCUT2D eigenvalue weighted by atomic mass is 32.2. The molecule has 1 aromatic rings. The third-order valence-electron chi connectivity index (χ3n) is 5.48. The van der Waals surface area contributed by atoms with Crippen molar-refractivity contribution >= 4 is 23.5 Å². The second-order valence-electron chi connectivity index (χ2n) is 7.18. The molecule has 0 radical (unpaired) electrons. The molecule has 2 heterocycles. The summed E-state index contributed by atoms with van der Waals surface area (Å²) >= 11 is 4.27. The molecule has 0 bridgehead atoms. The highest BCUT2D eigenvalue weighted by Crippen LogP contribution is 2.27. The summed E-state index contributed by atoms with van der Waals surface area (Å²) in [7, 11) is 0. The Morgan fingerprint density at radius 1 is 0.957 bits per heavy atom. The molecular weight excluding hydrogens is 320 g/mol. The topological polar surface area (TPSA) is 15.3 Å². The van der Waals surface area contributed by atoms with E-state index in [1.165, 1.54) is 61.8 Å². The summed E-state index contributed by atoms with van der Waals surface area (Å²) in [6.07, 6.45) is 5.25. The number of thioether (sulfide) groups is 2. The van der Waals surface area contributed by atoms with Crippen LogP contribution in [0.15, 0.2) is 24.3 Å². The first-order valence-corrected chi connectivity index (χ1v) is 11.4. The smallest absolute Gasteiger partial charge is 0.0251 e. The van der Waals surface area contributed by atoms with E-state index in [4.69, 9.17) is 0 Å². The molecule has 0 spiro atoms. The van der Waals surface area contributed by atoms with Gasteiger partial charge in [0.25, 0.3) is 0 Å². The van der Waals surface area contributed by atoms with Gasteiger partial charge in [-0.15, -0.1) is 0 Å². The highest BCUT2D eigenvalue weighted by Gasteiger charge is 2.31. The number of hydrogen-bond acceptors (Lipinski definition) is 4. The van der Waals surface area contributed by atoms with E-state index >= 15 is 0 Å². The molecular formula is C19H28N2S2. The van der Waals surface area contributed by atoms with Gasteiger partial charge in [-0.3, -0.25) is 4.90 Å². The molecule has 1 unspecified atom stereocenters. The minimum absolute atomic E-state index is 0.705. The largest absolute Gasteiger partial charge is 0.308 e. The average Bonchev–Trinajstić information content (AvgIpc) is 2.86. The number of nitrogens with zero attached hydrogens (tertiary/aromatic N) is 1. The first-order valence-electron chi connectivity index (χ1n) is 9.11. The van der Waals surface area contributed by atoms with Gasteiger partial charge in [-0.25, -0.2) is 0 Å². The average molecular weight is 349 g/mol. The van der Waals surface area contributed by atoms with Gasteiger partial charge in [0.15, 0.2) is 0 Å². The van der Waals surface area contributed by atoms with Gasteiger partial charge in [0.2, 0.25) is 0 Å². The SMILES string of the molecule is c1ccc2c(c1)CC(N1CCCC(NC3CSCCSC3)C1)C2. The van der Waals surface area contributed by atoms with Crippen LogP contribution in [0.1, 0.15) is 24.0 Å². The lowest BCUT2D eigenvalue weighted by molar-refractivity contribution is 0.137. The van der Waals surface area contributed by atoms with Crippen molar-refractivity contribution in [2.24, 2.45) is 0 Å². The Morgan fingerprint density at radius 2 is 1.65 bits per heavy atom. The van der Waals surface area contributed by atoms with Crippen molar-refractivity contribution < 1.29 is 0 Å². The van der Waals surface area contributed by atoms with Crippen molar-refractivity contribution in [3.05, 3.63) is 35.4 Å². The lowest BCUT2D eigenvalue weighted by Gasteiger charge is -2.38. The van der Waals surface area contributed by atoms with E-state index in [1.54, 1.807) is 11.1 Å². The van der Waals surface area contributed by atoms with Crippen LogP contribution in [0.3, 0.4) is 0 Å². The molecule has 2 aliphatic heterocycles. The summed E-state index contributed by atoms with van der Waals surface area (Å²) < 4.78 is 0. The van der Waals surface area contributed by atoms with Crippen molar-refractivity contribution in [2.45, 2.75) is 43.8 Å². The summed E-state index contributed by atoms with van der Waals surface area (Å²) in [4.78, 5) is 2.78. The van der Waals surface area contributed by atoms with Crippen molar-refractivity contribution in [2.75, 3.05) is 36.1 Å². The first kappa shape index (κ1) is 16.3. The van der Waals surface area contributed by atoms with Crippen LogP contribution in [-0.4, -0.2) is 59.1 Å². The molecule has 1 aliphatic carbocycles. The molecule has 1 N–H and O–H groups in total. The van der Waals surface area contributed by atoms with Gasteiger partial charge in [0.05, 0.1) is 0 Å². The number of piperidine rings is 1. The van der Waals surface area contributed by atoms with Crippen molar-refractivity contribution in [3.8, 4) is 0 Å². The van der Waals surface area contributed by atoms with Gasteiger partial charge in [-0.1, -0.05) is 24.3 Å². The zero-order valence-electron chi connectivity index (χ0n) is 13.9. The molecule has 4 heteroatoms. The van der Waals surface area contributed by atoms with Crippen LogP contribution in [-0.2, 0) is 12.8 Å². The van der Waals surface area contributed by atoms with Crippen LogP contribution in [0.25, 0.3) is 0 Å². The quantitative estimate of drug-likeness (QED) is 0.903. The number of benzene rings is 1. The first-order chi connectivity index (χ1) is 11.4. The number of hydrogen-bond donors (Lipinski definition) is 1. The Kier molecular flexibility index (Phi) is 5.54. The molecule has 1 atom stereocenters. The van der Waals surface area contributed by atoms with Gasteiger partial charge in [0, 0.05) is 47.7 Å². The minimum Gasteiger partial charge on any atom is -0.308 e. The van der Waals surface area contributed by atoms with Gasteiger partial charge in [-0.05, 0) is 43.4 Å². The van der Waals surface area contributed by atoms with Gasteiger partial charge in [0.1, 0.15) is 0 Å². The van der Waals surface area contributed by atoms with Crippen molar-refractivity contribution in [3.63, 3.8) is 0 Å².